The number of carbonyl (C=O) groups excluding carboxylic acids is 2. The quantitative estimate of drug-likeness (QED) is 0.404. The minimum absolute atomic E-state index is 0.226. The third-order valence-electron chi connectivity index (χ3n) is 4.86. The molecule has 2 fully saturated rings. The van der Waals surface area contributed by atoms with Gasteiger partial charge >= 0.3 is 5.97 Å². The molecule has 1 N–H and O–H groups in total. The van der Waals surface area contributed by atoms with E-state index in [2.05, 4.69) is 5.23 Å². The molecule has 2 aliphatic carbocycles. The first-order valence-corrected chi connectivity index (χ1v) is 8.55. The number of hydrogen-bond acceptors (Lipinski definition) is 5. The summed E-state index contributed by atoms with van der Waals surface area (Å²) in [5, 5.41) is 2.98. The average molecular weight is 328 g/mol. The van der Waals surface area contributed by atoms with Gasteiger partial charge in [0.25, 0.3) is 7.41 Å². The summed E-state index contributed by atoms with van der Waals surface area (Å²) >= 11 is 0. The van der Waals surface area contributed by atoms with Gasteiger partial charge in [-0.15, -0.1) is 0 Å². The van der Waals surface area contributed by atoms with Gasteiger partial charge in [-0.3, -0.25) is 4.79 Å². The number of carbonyl (C=O) groups is 2. The van der Waals surface area contributed by atoms with E-state index in [1.165, 1.54) is 33.1 Å². The number of hydrogen-bond donors (Lipinski definition) is 1. The maximum Gasteiger partial charge on any atom is 0.322 e. The fraction of sp³-hybridized carbons (Fsp3) is 0.556. The predicted octanol–water partition coefficient (Wildman–Crippen LogP) is 1.94. The Morgan fingerprint density at radius 2 is 1.88 bits per heavy atom. The second-order valence-electron chi connectivity index (χ2n) is 6.66. The molecule has 1 aromatic rings. The molecule has 24 heavy (non-hydrogen) atoms. The number of methoxy groups -OCH3 is 1. The first-order valence-electron chi connectivity index (χ1n) is 8.55. The largest absolute Gasteiger partial charge is 0.497 e. The van der Waals surface area contributed by atoms with Crippen LogP contribution in [0.3, 0.4) is 0 Å². The maximum atomic E-state index is 12.6. The smallest absolute Gasteiger partial charge is 0.322 e. The summed E-state index contributed by atoms with van der Waals surface area (Å²) in [4.78, 5) is 23.3. The lowest BCUT2D eigenvalue weighted by Gasteiger charge is -2.26. The van der Waals surface area contributed by atoms with Crippen LogP contribution in [0.2, 0.25) is 0 Å². The monoisotopic (exact) mass is 328 g/mol. The molecule has 0 heterocycles. The highest BCUT2D eigenvalue weighted by Gasteiger charge is 2.48. The van der Waals surface area contributed by atoms with Gasteiger partial charge in [0.15, 0.2) is 0 Å². The fourth-order valence-electron chi connectivity index (χ4n) is 3.34. The van der Waals surface area contributed by atoms with Crippen molar-refractivity contribution in [3.8, 4) is 5.75 Å². The van der Waals surface area contributed by atoms with E-state index < -0.39 is 6.04 Å². The van der Waals surface area contributed by atoms with Gasteiger partial charge in [-0.05, 0) is 61.1 Å². The first kappa shape index (κ1) is 17.0. The zero-order valence-corrected chi connectivity index (χ0v) is 13.9. The molecular formula is C18H23BNO4. The molecule has 5 nitrogen and oxygen atoms in total. The molecule has 0 spiro atoms. The molecule has 3 rings (SSSR count). The van der Waals surface area contributed by atoms with Crippen LogP contribution in [0.5, 0.6) is 5.75 Å². The Morgan fingerprint density at radius 1 is 1.25 bits per heavy atom. The van der Waals surface area contributed by atoms with Crippen LogP contribution in [0.4, 0.5) is 0 Å². The standard InChI is InChI=1S/C18H23BNO4/c1-23-15-8-2-12(3-9-15)10-24-18(22)17(20-19-11-21)16(13-4-5-13)14-6-7-14/h2-3,8-9,11,13-14,16-17,20H,4-7,10H2,1H3/t17-/m0/s1. The van der Waals surface area contributed by atoms with E-state index in [1.807, 2.05) is 24.3 Å². The molecule has 0 unspecified atom stereocenters. The minimum Gasteiger partial charge on any atom is -0.497 e. The Morgan fingerprint density at radius 3 is 2.38 bits per heavy atom. The van der Waals surface area contributed by atoms with Gasteiger partial charge in [-0.1, -0.05) is 12.1 Å². The minimum atomic E-state index is -0.423. The topological polar surface area (TPSA) is 64.6 Å². The fourth-order valence-corrected chi connectivity index (χ4v) is 3.34. The molecule has 6 heteroatoms. The van der Waals surface area contributed by atoms with Gasteiger partial charge < -0.3 is 19.5 Å². The molecule has 0 aromatic heterocycles. The maximum absolute atomic E-state index is 12.6. The second-order valence-corrected chi connectivity index (χ2v) is 6.66. The summed E-state index contributed by atoms with van der Waals surface area (Å²) in [5.41, 5.74) is 0.914. The van der Waals surface area contributed by atoms with Gasteiger partial charge in [0.1, 0.15) is 12.4 Å². The first-order chi connectivity index (χ1) is 11.7. The Labute approximate surface area is 143 Å². The average Bonchev–Trinajstić information content (AvgIpc) is 3.50. The van der Waals surface area contributed by atoms with Crippen molar-refractivity contribution in [3.63, 3.8) is 0 Å². The number of ether oxygens (including phenoxy) is 2. The van der Waals surface area contributed by atoms with Crippen LogP contribution in [0, 0.1) is 17.8 Å². The van der Waals surface area contributed by atoms with E-state index in [4.69, 9.17) is 9.47 Å². The highest BCUT2D eigenvalue weighted by atomic mass is 16.5. The van der Waals surface area contributed by atoms with Crippen molar-refractivity contribution in [1.82, 2.24) is 5.23 Å². The van der Waals surface area contributed by atoms with Gasteiger partial charge in [0.05, 0.1) is 19.3 Å². The van der Waals surface area contributed by atoms with Crippen molar-refractivity contribution in [3.05, 3.63) is 29.8 Å². The molecule has 0 amide bonds. The van der Waals surface area contributed by atoms with Gasteiger partial charge in [-0.25, -0.2) is 0 Å². The Bertz CT molecular complexity index is 557. The number of esters is 1. The molecular weight excluding hydrogens is 305 g/mol. The molecule has 0 saturated heterocycles. The van der Waals surface area contributed by atoms with Crippen LogP contribution in [0.1, 0.15) is 31.2 Å². The second kappa shape index (κ2) is 7.84. The summed E-state index contributed by atoms with van der Waals surface area (Å²) in [5.74, 6) is 1.96. The molecule has 1 aromatic carbocycles. The van der Waals surface area contributed by atoms with E-state index in [0.717, 1.165) is 11.3 Å². The van der Waals surface area contributed by atoms with E-state index in [-0.39, 0.29) is 18.5 Å². The number of nitrogens with one attached hydrogen (secondary N) is 1. The normalized spacial score (nSPS) is 18.1. The van der Waals surface area contributed by atoms with Crippen molar-refractivity contribution in [2.75, 3.05) is 7.11 Å². The lowest BCUT2D eigenvalue weighted by atomic mass is 9.85. The summed E-state index contributed by atoms with van der Waals surface area (Å²) in [6.07, 6.45) is 5.37. The van der Waals surface area contributed by atoms with Crippen molar-refractivity contribution in [2.45, 2.75) is 38.3 Å². The molecule has 0 bridgehead atoms. The number of benzene rings is 1. The van der Waals surface area contributed by atoms with Crippen molar-refractivity contribution in [1.29, 1.82) is 0 Å². The summed E-state index contributed by atoms with van der Waals surface area (Å²) in [6.45, 7) is 0.226. The molecule has 0 aliphatic heterocycles. The lowest BCUT2D eigenvalue weighted by molar-refractivity contribution is -0.149. The van der Waals surface area contributed by atoms with E-state index in [9.17, 15) is 9.59 Å². The molecule has 127 valence electrons. The Kier molecular flexibility index (Phi) is 5.56. The van der Waals surface area contributed by atoms with E-state index >= 15 is 0 Å². The van der Waals surface area contributed by atoms with Crippen LogP contribution in [0.15, 0.2) is 24.3 Å². The van der Waals surface area contributed by atoms with Crippen LogP contribution in [-0.2, 0) is 20.9 Å². The zero-order chi connectivity index (χ0) is 16.9. The van der Waals surface area contributed by atoms with Crippen LogP contribution in [0.25, 0.3) is 0 Å². The van der Waals surface area contributed by atoms with Gasteiger partial charge in [-0.2, -0.15) is 0 Å². The summed E-state index contributed by atoms with van der Waals surface area (Å²) in [7, 11) is 2.93. The van der Waals surface area contributed by atoms with Crippen LogP contribution in [-0.4, -0.2) is 32.7 Å². The third-order valence-corrected chi connectivity index (χ3v) is 4.86. The van der Waals surface area contributed by atoms with Crippen molar-refractivity contribution in [2.24, 2.45) is 17.8 Å². The summed E-state index contributed by atoms with van der Waals surface area (Å²) < 4.78 is 10.6. The number of rotatable bonds is 10. The van der Waals surface area contributed by atoms with Crippen LogP contribution >= 0.6 is 0 Å². The predicted molar refractivity (Wildman–Crippen MR) is 91.2 cm³/mol. The lowest BCUT2D eigenvalue weighted by Crippen LogP contribution is -2.47. The Balaban J connectivity index is 1.60. The zero-order valence-electron chi connectivity index (χ0n) is 13.9. The molecule has 1 radical (unpaired) electrons. The molecule has 2 aliphatic rings. The Hall–Kier alpha value is -1.82. The highest BCUT2D eigenvalue weighted by molar-refractivity contribution is 6.64. The SMILES string of the molecule is COc1ccc(COC(=O)[C@@H](N[B]C=O)C(C2CC2)C2CC2)cc1. The highest BCUT2D eigenvalue weighted by Crippen LogP contribution is 2.50. The summed E-state index contributed by atoms with van der Waals surface area (Å²) in [6, 6.07) is 7.02. The van der Waals surface area contributed by atoms with E-state index in [1.54, 1.807) is 7.11 Å². The third kappa shape index (κ3) is 4.38. The molecule has 1 atom stereocenters. The van der Waals surface area contributed by atoms with Crippen molar-refractivity contribution >= 4 is 19.6 Å². The van der Waals surface area contributed by atoms with Gasteiger partial charge in [0, 0.05) is 0 Å². The molecule has 2 saturated carbocycles. The van der Waals surface area contributed by atoms with Gasteiger partial charge in [0.2, 0.25) is 0 Å². The van der Waals surface area contributed by atoms with Crippen molar-refractivity contribution < 1.29 is 19.1 Å². The van der Waals surface area contributed by atoms with Crippen LogP contribution < -0.4 is 9.96 Å². The van der Waals surface area contributed by atoms with E-state index in [0.29, 0.717) is 18.0 Å².